The van der Waals surface area contributed by atoms with Gasteiger partial charge in [0.05, 0.1) is 17.3 Å². The molecule has 27 heavy (non-hydrogen) atoms. The molecule has 0 bridgehead atoms. The lowest BCUT2D eigenvalue weighted by molar-refractivity contribution is 0.0793. The van der Waals surface area contributed by atoms with Gasteiger partial charge < -0.3 is 10.2 Å². The van der Waals surface area contributed by atoms with Crippen LogP contribution in [0.4, 0.5) is 10.1 Å². The summed E-state index contributed by atoms with van der Waals surface area (Å²) in [5, 5.41) is 3.67. The van der Waals surface area contributed by atoms with Crippen molar-refractivity contribution in [3.05, 3.63) is 77.1 Å². The number of hydrogen-bond donors (Lipinski definition) is 1. The average Bonchev–Trinajstić information content (AvgIpc) is 3.39. The normalized spacial score (nSPS) is 25.8. The first kappa shape index (κ1) is 16.5. The molecule has 1 amide bonds. The van der Waals surface area contributed by atoms with Gasteiger partial charge in [-0.3, -0.25) is 4.79 Å². The summed E-state index contributed by atoms with van der Waals surface area (Å²) in [4.78, 5) is 15.1. The van der Waals surface area contributed by atoms with E-state index in [9.17, 15) is 9.18 Å². The molecule has 1 aliphatic carbocycles. The number of likely N-dealkylation sites (tertiary alicyclic amines) is 1. The van der Waals surface area contributed by atoms with Crippen LogP contribution in [0.15, 0.2) is 54.6 Å². The summed E-state index contributed by atoms with van der Waals surface area (Å²) in [5.74, 6) is 0.582. The van der Waals surface area contributed by atoms with Crippen LogP contribution in [-0.2, 0) is 0 Å². The zero-order valence-electron chi connectivity index (χ0n) is 15.2. The number of carbonyl (C=O) groups excluding carboxylic acids is 1. The minimum atomic E-state index is -0.221. The third kappa shape index (κ3) is 2.75. The number of nitrogens with one attached hydrogen (secondary N) is 1. The van der Waals surface area contributed by atoms with Crippen LogP contribution in [0.5, 0.6) is 0 Å². The van der Waals surface area contributed by atoms with Crippen molar-refractivity contribution < 1.29 is 9.18 Å². The molecular formula is C23H23FN2O. The van der Waals surface area contributed by atoms with E-state index in [4.69, 9.17) is 0 Å². The lowest BCUT2D eigenvalue weighted by atomic mass is 9.76. The summed E-state index contributed by atoms with van der Waals surface area (Å²) < 4.78 is 13.4. The van der Waals surface area contributed by atoms with Gasteiger partial charge in [0.2, 0.25) is 0 Å². The maximum atomic E-state index is 13.4. The van der Waals surface area contributed by atoms with Crippen molar-refractivity contribution in [1.29, 1.82) is 0 Å². The van der Waals surface area contributed by atoms with Crippen molar-refractivity contribution in [3.63, 3.8) is 0 Å². The van der Waals surface area contributed by atoms with Crippen molar-refractivity contribution in [2.45, 2.75) is 31.2 Å². The Morgan fingerprint density at radius 1 is 1.07 bits per heavy atom. The zero-order valence-corrected chi connectivity index (χ0v) is 15.2. The number of nitrogens with zero attached hydrogens (tertiary/aromatic N) is 1. The topological polar surface area (TPSA) is 32.3 Å². The third-order valence-electron chi connectivity index (χ3n) is 6.25. The molecule has 1 saturated heterocycles. The second kappa shape index (κ2) is 6.52. The number of benzene rings is 2. The monoisotopic (exact) mass is 362 g/mol. The molecule has 2 aliphatic heterocycles. The Labute approximate surface area is 158 Å². The maximum absolute atomic E-state index is 13.4. The fraction of sp³-hybridized carbons (Fsp3) is 0.348. The van der Waals surface area contributed by atoms with E-state index in [1.165, 1.54) is 17.7 Å². The Morgan fingerprint density at radius 3 is 2.63 bits per heavy atom. The van der Waals surface area contributed by atoms with E-state index in [-0.39, 0.29) is 17.8 Å². The molecule has 1 N–H and O–H groups in total. The van der Waals surface area contributed by atoms with Crippen LogP contribution in [0.2, 0.25) is 0 Å². The van der Waals surface area contributed by atoms with E-state index in [1.807, 2.05) is 29.2 Å². The molecule has 0 spiro atoms. The van der Waals surface area contributed by atoms with Gasteiger partial charge in [0.15, 0.2) is 0 Å². The number of carbonyl (C=O) groups is 1. The lowest BCUT2D eigenvalue weighted by Gasteiger charge is -2.38. The number of rotatable bonds is 2. The molecule has 3 nitrogen and oxygen atoms in total. The van der Waals surface area contributed by atoms with Crippen molar-refractivity contribution in [2.24, 2.45) is 5.92 Å². The van der Waals surface area contributed by atoms with Crippen LogP contribution in [0.3, 0.4) is 0 Å². The molecule has 4 heteroatoms. The first-order chi connectivity index (χ1) is 13.2. The fourth-order valence-corrected chi connectivity index (χ4v) is 4.89. The van der Waals surface area contributed by atoms with Crippen LogP contribution in [0.1, 0.15) is 52.7 Å². The highest BCUT2D eigenvalue weighted by atomic mass is 19.1. The SMILES string of the molecule is O=C(c1cccc2c1NC(c1ccc(F)cc1)C1CC=CC21)N1CCCC1. The largest absolute Gasteiger partial charge is 0.377 e. The number of amides is 1. The Bertz CT molecular complexity index is 899. The van der Waals surface area contributed by atoms with Crippen molar-refractivity contribution in [2.75, 3.05) is 18.4 Å². The van der Waals surface area contributed by atoms with Gasteiger partial charge in [-0.2, -0.15) is 0 Å². The molecule has 2 aromatic carbocycles. The molecule has 0 saturated carbocycles. The van der Waals surface area contributed by atoms with Crippen LogP contribution in [-0.4, -0.2) is 23.9 Å². The Morgan fingerprint density at radius 2 is 1.85 bits per heavy atom. The molecule has 3 atom stereocenters. The number of para-hydroxylation sites is 1. The first-order valence-electron chi connectivity index (χ1n) is 9.83. The number of anilines is 1. The predicted molar refractivity (Wildman–Crippen MR) is 104 cm³/mol. The van der Waals surface area contributed by atoms with E-state index in [0.717, 1.165) is 49.2 Å². The van der Waals surface area contributed by atoms with Gasteiger partial charge in [0.25, 0.3) is 5.91 Å². The van der Waals surface area contributed by atoms with E-state index in [2.05, 4.69) is 23.5 Å². The summed E-state index contributed by atoms with van der Waals surface area (Å²) in [7, 11) is 0. The molecule has 3 unspecified atom stereocenters. The summed E-state index contributed by atoms with van der Waals surface area (Å²) in [6.07, 6.45) is 7.66. The van der Waals surface area contributed by atoms with Gasteiger partial charge in [-0.15, -0.1) is 0 Å². The van der Waals surface area contributed by atoms with E-state index >= 15 is 0 Å². The van der Waals surface area contributed by atoms with Crippen molar-refractivity contribution >= 4 is 11.6 Å². The highest BCUT2D eigenvalue weighted by Gasteiger charge is 2.39. The number of allylic oxidation sites excluding steroid dienone is 2. The molecule has 2 aromatic rings. The van der Waals surface area contributed by atoms with E-state index in [0.29, 0.717) is 11.8 Å². The van der Waals surface area contributed by atoms with Gasteiger partial charge in [-0.05, 0) is 54.5 Å². The van der Waals surface area contributed by atoms with Crippen LogP contribution in [0, 0.1) is 11.7 Å². The lowest BCUT2D eigenvalue weighted by Crippen LogP contribution is -2.33. The summed E-state index contributed by atoms with van der Waals surface area (Å²) in [6.45, 7) is 1.69. The average molecular weight is 362 g/mol. The van der Waals surface area contributed by atoms with Gasteiger partial charge in [-0.1, -0.05) is 36.4 Å². The summed E-state index contributed by atoms with van der Waals surface area (Å²) in [5.41, 5.74) is 4.00. The van der Waals surface area contributed by atoms with Crippen LogP contribution < -0.4 is 5.32 Å². The van der Waals surface area contributed by atoms with Crippen LogP contribution >= 0.6 is 0 Å². The van der Waals surface area contributed by atoms with Gasteiger partial charge >= 0.3 is 0 Å². The van der Waals surface area contributed by atoms with Gasteiger partial charge in [0, 0.05) is 19.0 Å². The molecular weight excluding hydrogens is 339 g/mol. The van der Waals surface area contributed by atoms with E-state index < -0.39 is 0 Å². The summed E-state index contributed by atoms with van der Waals surface area (Å²) in [6, 6.07) is 12.9. The quantitative estimate of drug-likeness (QED) is 0.772. The Kier molecular flexibility index (Phi) is 4.00. The number of fused-ring (bicyclic) bond motifs is 3. The Balaban J connectivity index is 1.57. The number of halogens is 1. The predicted octanol–water partition coefficient (Wildman–Crippen LogP) is 4.89. The molecule has 5 rings (SSSR count). The van der Waals surface area contributed by atoms with Gasteiger partial charge in [0.1, 0.15) is 5.82 Å². The minimum Gasteiger partial charge on any atom is -0.377 e. The van der Waals surface area contributed by atoms with Gasteiger partial charge in [-0.25, -0.2) is 4.39 Å². The highest BCUT2D eigenvalue weighted by Crippen LogP contribution is 2.50. The molecule has 138 valence electrons. The molecule has 2 heterocycles. The highest BCUT2D eigenvalue weighted by molar-refractivity contribution is 6.01. The Hall–Kier alpha value is -2.62. The van der Waals surface area contributed by atoms with Crippen molar-refractivity contribution in [1.82, 2.24) is 4.90 Å². The third-order valence-corrected chi connectivity index (χ3v) is 6.25. The molecule has 0 radical (unpaired) electrons. The standard InChI is InChI=1S/C23H23FN2O/c24-16-11-9-15(10-12-16)21-18-6-3-5-17(18)19-7-4-8-20(22(19)25-21)23(27)26-13-1-2-14-26/h3-5,7-12,17-18,21,25H,1-2,6,13-14H2. The summed E-state index contributed by atoms with van der Waals surface area (Å²) >= 11 is 0. The second-order valence-electron chi connectivity index (χ2n) is 7.80. The minimum absolute atomic E-state index is 0.0747. The zero-order chi connectivity index (χ0) is 18.4. The second-order valence-corrected chi connectivity index (χ2v) is 7.80. The molecule has 3 aliphatic rings. The smallest absolute Gasteiger partial charge is 0.255 e. The van der Waals surface area contributed by atoms with Crippen molar-refractivity contribution in [3.8, 4) is 0 Å². The maximum Gasteiger partial charge on any atom is 0.255 e. The van der Waals surface area contributed by atoms with Crippen LogP contribution in [0.25, 0.3) is 0 Å². The fourth-order valence-electron chi connectivity index (χ4n) is 4.89. The van der Waals surface area contributed by atoms with E-state index in [1.54, 1.807) is 0 Å². The molecule has 0 aromatic heterocycles. The molecule has 1 fully saturated rings. The first-order valence-corrected chi connectivity index (χ1v) is 9.83. The number of hydrogen-bond acceptors (Lipinski definition) is 2.